The van der Waals surface area contributed by atoms with E-state index in [9.17, 15) is 4.79 Å². The molecule has 31 heavy (non-hydrogen) atoms. The SMILES string of the molecule is O=C(c1ccc2c(c1)nnn2C1CCCCC1)N(Cc1ccccn1)CC1CCCO1. The Balaban J connectivity index is 1.39. The number of carbonyl (C=O) groups is 1. The lowest BCUT2D eigenvalue weighted by atomic mass is 9.95. The molecule has 0 radical (unpaired) electrons. The lowest BCUT2D eigenvalue weighted by molar-refractivity contribution is 0.0504. The van der Waals surface area contributed by atoms with Crippen molar-refractivity contribution in [3.05, 3.63) is 53.9 Å². The lowest BCUT2D eigenvalue weighted by Crippen LogP contribution is -2.37. The van der Waals surface area contributed by atoms with Crippen molar-refractivity contribution in [3.8, 4) is 0 Å². The average molecular weight is 420 g/mol. The summed E-state index contributed by atoms with van der Waals surface area (Å²) in [4.78, 5) is 19.7. The summed E-state index contributed by atoms with van der Waals surface area (Å²) in [6, 6.07) is 12.0. The zero-order valence-electron chi connectivity index (χ0n) is 17.8. The Hall–Kier alpha value is -2.80. The Morgan fingerprint density at radius 3 is 2.77 bits per heavy atom. The fourth-order valence-corrected chi connectivity index (χ4v) is 4.79. The van der Waals surface area contributed by atoms with Crippen molar-refractivity contribution in [1.82, 2.24) is 24.9 Å². The molecule has 3 heterocycles. The fraction of sp³-hybridized carbons (Fsp3) is 0.500. The predicted octanol–water partition coefficient (Wildman–Crippen LogP) is 4.15. The molecule has 1 aromatic carbocycles. The highest BCUT2D eigenvalue weighted by molar-refractivity contribution is 5.97. The molecule has 1 aliphatic carbocycles. The van der Waals surface area contributed by atoms with Crippen molar-refractivity contribution < 1.29 is 9.53 Å². The summed E-state index contributed by atoms with van der Waals surface area (Å²) >= 11 is 0. The van der Waals surface area contributed by atoms with Crippen LogP contribution in [-0.2, 0) is 11.3 Å². The number of fused-ring (bicyclic) bond motifs is 1. The van der Waals surface area contributed by atoms with Crippen molar-refractivity contribution >= 4 is 16.9 Å². The Labute approximate surface area is 182 Å². The molecule has 7 nitrogen and oxygen atoms in total. The summed E-state index contributed by atoms with van der Waals surface area (Å²) in [6.07, 6.45) is 9.98. The van der Waals surface area contributed by atoms with Crippen LogP contribution in [-0.4, -0.2) is 50.0 Å². The second-order valence-corrected chi connectivity index (χ2v) is 8.67. The Morgan fingerprint density at radius 1 is 1.10 bits per heavy atom. The first-order chi connectivity index (χ1) is 15.3. The van der Waals surface area contributed by atoms with Crippen LogP contribution in [0.15, 0.2) is 42.6 Å². The normalized spacial score (nSPS) is 19.7. The number of hydrogen-bond donors (Lipinski definition) is 0. The zero-order valence-corrected chi connectivity index (χ0v) is 17.8. The third kappa shape index (κ3) is 4.46. The number of nitrogens with zero attached hydrogens (tertiary/aromatic N) is 5. The maximum absolute atomic E-state index is 13.5. The van der Waals surface area contributed by atoms with Gasteiger partial charge in [0.15, 0.2) is 0 Å². The van der Waals surface area contributed by atoms with Gasteiger partial charge in [0.2, 0.25) is 0 Å². The maximum atomic E-state index is 13.5. The largest absolute Gasteiger partial charge is 0.376 e. The van der Waals surface area contributed by atoms with Crippen LogP contribution in [0.5, 0.6) is 0 Å². The number of ether oxygens (including phenoxy) is 1. The summed E-state index contributed by atoms with van der Waals surface area (Å²) in [5.74, 6) is -0.0183. The van der Waals surface area contributed by atoms with E-state index in [1.807, 2.05) is 41.3 Å². The van der Waals surface area contributed by atoms with Crippen molar-refractivity contribution in [2.24, 2.45) is 0 Å². The van der Waals surface area contributed by atoms with Crippen LogP contribution >= 0.6 is 0 Å². The second-order valence-electron chi connectivity index (χ2n) is 8.67. The van der Waals surface area contributed by atoms with Gasteiger partial charge in [-0.3, -0.25) is 9.78 Å². The molecule has 162 valence electrons. The van der Waals surface area contributed by atoms with Gasteiger partial charge in [0.25, 0.3) is 5.91 Å². The second kappa shape index (κ2) is 9.14. The van der Waals surface area contributed by atoms with Gasteiger partial charge in [0.1, 0.15) is 5.52 Å². The molecule has 3 aromatic rings. The topological polar surface area (TPSA) is 73.1 Å². The van der Waals surface area contributed by atoms with E-state index in [2.05, 4.69) is 20.0 Å². The molecule has 5 rings (SSSR count). The summed E-state index contributed by atoms with van der Waals surface area (Å²) in [5.41, 5.74) is 3.31. The van der Waals surface area contributed by atoms with E-state index in [4.69, 9.17) is 4.74 Å². The van der Waals surface area contributed by atoms with E-state index in [0.717, 1.165) is 49.0 Å². The fourth-order valence-electron chi connectivity index (χ4n) is 4.79. The zero-order chi connectivity index (χ0) is 21.0. The van der Waals surface area contributed by atoms with Gasteiger partial charge in [-0.1, -0.05) is 30.5 Å². The standard InChI is InChI=1S/C24H29N5O2/c30-24(28(17-21-10-6-14-31-21)16-19-7-4-5-13-25-19)18-11-12-23-22(15-18)26-27-29(23)20-8-2-1-3-9-20/h4-5,7,11-13,15,20-21H,1-3,6,8-10,14,16-17H2. The minimum atomic E-state index is -0.0183. The molecule has 1 atom stereocenters. The van der Waals surface area contributed by atoms with Crippen molar-refractivity contribution in [2.75, 3.05) is 13.2 Å². The van der Waals surface area contributed by atoms with Crippen molar-refractivity contribution in [1.29, 1.82) is 0 Å². The summed E-state index contributed by atoms with van der Waals surface area (Å²) in [7, 11) is 0. The maximum Gasteiger partial charge on any atom is 0.254 e. The first-order valence-corrected chi connectivity index (χ1v) is 11.4. The molecular formula is C24H29N5O2. The molecule has 7 heteroatoms. The van der Waals surface area contributed by atoms with Crippen LogP contribution in [0.2, 0.25) is 0 Å². The van der Waals surface area contributed by atoms with E-state index in [0.29, 0.717) is 24.7 Å². The molecule has 2 aliphatic rings. The number of benzene rings is 1. The third-order valence-electron chi connectivity index (χ3n) is 6.45. The predicted molar refractivity (Wildman–Crippen MR) is 118 cm³/mol. The monoisotopic (exact) mass is 419 g/mol. The molecule has 1 unspecified atom stereocenters. The highest BCUT2D eigenvalue weighted by atomic mass is 16.5. The van der Waals surface area contributed by atoms with Crippen molar-refractivity contribution in [3.63, 3.8) is 0 Å². The van der Waals surface area contributed by atoms with E-state index >= 15 is 0 Å². The molecule has 0 spiro atoms. The van der Waals surface area contributed by atoms with Gasteiger partial charge in [-0.15, -0.1) is 5.10 Å². The molecule has 1 amide bonds. The van der Waals surface area contributed by atoms with Crippen LogP contribution in [0.25, 0.3) is 11.0 Å². The van der Waals surface area contributed by atoms with Crippen LogP contribution < -0.4 is 0 Å². The van der Waals surface area contributed by atoms with Gasteiger partial charge in [-0.2, -0.15) is 0 Å². The first-order valence-electron chi connectivity index (χ1n) is 11.4. The molecule has 0 bridgehead atoms. The van der Waals surface area contributed by atoms with Crippen LogP contribution in [0.1, 0.15) is 67.0 Å². The Kier molecular flexibility index (Phi) is 5.93. The van der Waals surface area contributed by atoms with Crippen LogP contribution in [0.4, 0.5) is 0 Å². The summed E-state index contributed by atoms with van der Waals surface area (Å²) in [6.45, 7) is 1.81. The van der Waals surface area contributed by atoms with Gasteiger partial charge in [-0.05, 0) is 56.0 Å². The highest BCUT2D eigenvalue weighted by Gasteiger charge is 2.25. The molecular weight excluding hydrogens is 390 g/mol. The molecule has 1 aliphatic heterocycles. The van der Waals surface area contributed by atoms with E-state index in [1.54, 1.807) is 6.20 Å². The number of amides is 1. The third-order valence-corrected chi connectivity index (χ3v) is 6.45. The Morgan fingerprint density at radius 2 is 2.00 bits per heavy atom. The van der Waals surface area contributed by atoms with Gasteiger partial charge >= 0.3 is 0 Å². The molecule has 1 saturated heterocycles. The molecule has 1 saturated carbocycles. The molecule has 2 fully saturated rings. The van der Waals surface area contributed by atoms with E-state index in [1.165, 1.54) is 19.3 Å². The molecule has 0 N–H and O–H groups in total. The van der Waals surface area contributed by atoms with Crippen LogP contribution in [0, 0.1) is 0 Å². The first kappa shape index (κ1) is 20.1. The number of aromatic nitrogens is 4. The van der Waals surface area contributed by atoms with E-state index in [-0.39, 0.29) is 12.0 Å². The summed E-state index contributed by atoms with van der Waals surface area (Å²) < 4.78 is 7.86. The minimum Gasteiger partial charge on any atom is -0.376 e. The number of carbonyl (C=O) groups excluding carboxylic acids is 1. The minimum absolute atomic E-state index is 0.0183. The number of hydrogen-bond acceptors (Lipinski definition) is 5. The smallest absolute Gasteiger partial charge is 0.254 e. The van der Waals surface area contributed by atoms with Crippen LogP contribution in [0.3, 0.4) is 0 Å². The quantitative estimate of drug-likeness (QED) is 0.600. The molecule has 2 aromatic heterocycles. The van der Waals surface area contributed by atoms with Gasteiger partial charge in [0.05, 0.1) is 29.9 Å². The number of rotatable bonds is 6. The van der Waals surface area contributed by atoms with Gasteiger partial charge in [-0.25, -0.2) is 4.68 Å². The Bertz CT molecular complexity index is 1020. The number of pyridine rings is 1. The van der Waals surface area contributed by atoms with Gasteiger partial charge in [0, 0.05) is 24.9 Å². The average Bonchev–Trinajstić information content (AvgIpc) is 3.49. The highest BCUT2D eigenvalue weighted by Crippen LogP contribution is 2.30. The summed E-state index contributed by atoms with van der Waals surface area (Å²) in [5, 5.41) is 8.82. The van der Waals surface area contributed by atoms with Gasteiger partial charge < -0.3 is 9.64 Å². The van der Waals surface area contributed by atoms with E-state index < -0.39 is 0 Å². The van der Waals surface area contributed by atoms with Crippen molar-refractivity contribution in [2.45, 2.75) is 63.6 Å². The lowest BCUT2D eigenvalue weighted by Gasteiger charge is -2.25.